The number of phenols is 1. The van der Waals surface area contributed by atoms with Crippen molar-refractivity contribution in [2.24, 2.45) is 0 Å². The van der Waals surface area contributed by atoms with Crippen LogP contribution in [0.2, 0.25) is 0 Å². The van der Waals surface area contributed by atoms with E-state index in [1.165, 1.54) is 6.42 Å². The average Bonchev–Trinajstić information content (AvgIpc) is 3.20. The molecule has 2 aromatic heterocycles. The molecule has 1 atom stereocenters. The van der Waals surface area contributed by atoms with Gasteiger partial charge in [-0.1, -0.05) is 22.9 Å². The second-order valence-corrected chi connectivity index (χ2v) is 7.58. The summed E-state index contributed by atoms with van der Waals surface area (Å²) in [5, 5.41) is 29.4. The number of nitrogens with one attached hydrogen (secondary N) is 1. The van der Waals surface area contributed by atoms with Crippen LogP contribution in [0, 0.1) is 0 Å². The van der Waals surface area contributed by atoms with Crippen LogP contribution >= 0.6 is 15.9 Å². The fraction of sp³-hybridized carbons (Fsp3) is 0.368. The number of aromatic nitrogens is 4. The van der Waals surface area contributed by atoms with Crippen molar-refractivity contribution >= 4 is 33.9 Å². The van der Waals surface area contributed by atoms with Gasteiger partial charge in [-0.05, 0) is 44.1 Å². The molecule has 9 nitrogen and oxygen atoms in total. The fourth-order valence-electron chi connectivity index (χ4n) is 3.47. The Morgan fingerprint density at radius 2 is 2.17 bits per heavy atom. The lowest BCUT2D eigenvalue weighted by Gasteiger charge is -2.32. The number of carboxylic acid groups (broad SMARTS) is 1. The predicted molar refractivity (Wildman–Crippen MR) is 113 cm³/mol. The summed E-state index contributed by atoms with van der Waals surface area (Å²) in [6.45, 7) is 5.16. The van der Waals surface area contributed by atoms with Gasteiger partial charge in [0, 0.05) is 22.6 Å². The molecule has 10 heteroatoms. The second-order valence-electron chi connectivity index (χ2n) is 6.66. The monoisotopic (exact) mass is 462 g/mol. The number of anilines is 1. The molecule has 0 radical (unpaired) electrons. The van der Waals surface area contributed by atoms with Crippen LogP contribution in [0.15, 0.2) is 35.2 Å². The maximum atomic E-state index is 10.3. The summed E-state index contributed by atoms with van der Waals surface area (Å²) < 4.78 is 2.71. The minimum absolute atomic E-state index is 0.156. The molecule has 3 heterocycles. The summed E-state index contributed by atoms with van der Waals surface area (Å²) in [6, 6.07) is 5.69. The number of phenolic OH excluding ortho intramolecular Hbond substituents is 1. The topological polar surface area (TPSA) is 116 Å². The predicted octanol–water partition coefficient (Wildman–Crippen LogP) is 2.86. The number of piperidine rings is 1. The van der Waals surface area contributed by atoms with E-state index in [1.54, 1.807) is 18.6 Å². The number of hydrogen-bond acceptors (Lipinski definition) is 7. The van der Waals surface area contributed by atoms with E-state index in [0.29, 0.717) is 23.2 Å². The van der Waals surface area contributed by atoms with Gasteiger partial charge in [-0.2, -0.15) is 0 Å². The highest BCUT2D eigenvalue weighted by molar-refractivity contribution is 9.10. The quantitative estimate of drug-likeness (QED) is 0.506. The maximum absolute atomic E-state index is 10.3. The van der Waals surface area contributed by atoms with Crippen LogP contribution in [-0.4, -0.2) is 66.8 Å². The van der Waals surface area contributed by atoms with Gasteiger partial charge in [0.15, 0.2) is 0 Å². The molecule has 1 aromatic carbocycles. The van der Waals surface area contributed by atoms with Gasteiger partial charge in [-0.15, -0.1) is 10.2 Å². The van der Waals surface area contributed by atoms with Crippen molar-refractivity contribution in [3.05, 3.63) is 35.2 Å². The second kappa shape index (κ2) is 9.66. The molecule has 29 heavy (non-hydrogen) atoms. The molecule has 0 bridgehead atoms. The summed E-state index contributed by atoms with van der Waals surface area (Å²) in [6.07, 6.45) is 5.77. The number of nitrogens with zero attached hydrogens (tertiary/aromatic N) is 5. The number of likely N-dealkylation sites (N-methyl/N-ethyl adjacent to an activating group) is 1. The highest BCUT2D eigenvalue weighted by Gasteiger charge is 2.21. The summed E-state index contributed by atoms with van der Waals surface area (Å²) in [7, 11) is 0. The highest BCUT2D eigenvalue weighted by Crippen LogP contribution is 2.33. The van der Waals surface area contributed by atoms with Crippen molar-refractivity contribution in [2.75, 3.05) is 25.0 Å². The maximum Gasteiger partial charge on any atom is 0.290 e. The molecule has 0 amide bonds. The smallest absolute Gasteiger partial charge is 0.290 e. The van der Waals surface area contributed by atoms with Gasteiger partial charge in [-0.3, -0.25) is 9.20 Å². The van der Waals surface area contributed by atoms with Crippen LogP contribution in [0.5, 0.6) is 5.75 Å². The van der Waals surface area contributed by atoms with Crippen LogP contribution < -0.4 is 5.32 Å². The average molecular weight is 463 g/mol. The zero-order chi connectivity index (χ0) is 20.8. The Bertz CT molecular complexity index is 980. The van der Waals surface area contributed by atoms with E-state index >= 15 is 0 Å². The van der Waals surface area contributed by atoms with E-state index in [2.05, 4.69) is 48.3 Å². The van der Waals surface area contributed by atoms with Gasteiger partial charge >= 0.3 is 0 Å². The number of imidazole rings is 1. The lowest BCUT2D eigenvalue weighted by molar-refractivity contribution is -0.122. The van der Waals surface area contributed by atoms with Gasteiger partial charge < -0.3 is 20.4 Å². The van der Waals surface area contributed by atoms with Crippen LogP contribution in [0.3, 0.4) is 0 Å². The third-order valence-corrected chi connectivity index (χ3v) is 5.35. The zero-order valence-electron chi connectivity index (χ0n) is 16.0. The number of carbonyl (C=O) groups is 1. The first kappa shape index (κ1) is 21.0. The number of benzene rings is 1. The van der Waals surface area contributed by atoms with Crippen molar-refractivity contribution in [3.63, 3.8) is 0 Å². The SMILES string of the molecule is CCN1CCC[C@@H](Nc2nnc(-c3ccc(Br)cc3O)c3cncn23)C1.O=CO. The normalized spacial score (nSPS) is 16.8. The Hall–Kier alpha value is -2.72. The molecule has 0 saturated carbocycles. The Labute approximate surface area is 176 Å². The number of fused-ring (bicyclic) bond motifs is 1. The van der Waals surface area contributed by atoms with E-state index in [1.807, 2.05) is 16.5 Å². The number of halogens is 1. The molecule has 154 valence electrons. The van der Waals surface area contributed by atoms with Gasteiger partial charge in [0.25, 0.3) is 6.47 Å². The summed E-state index contributed by atoms with van der Waals surface area (Å²) in [4.78, 5) is 15.1. The first-order valence-corrected chi connectivity index (χ1v) is 10.1. The molecule has 4 rings (SSSR count). The summed E-state index contributed by atoms with van der Waals surface area (Å²) in [5.41, 5.74) is 2.05. The van der Waals surface area contributed by atoms with Crippen LogP contribution in [0.4, 0.5) is 5.95 Å². The van der Waals surface area contributed by atoms with E-state index in [4.69, 9.17) is 9.90 Å². The standard InChI is InChI=1S/C18H21BrN6O.CH2O2/c1-2-24-7-3-4-13(10-24)21-18-23-22-17(15-9-20-11-25(15)18)14-6-5-12(19)8-16(14)26;2-1-3/h5-6,8-9,11,13,26H,2-4,7,10H2,1H3,(H,21,23);1H,(H,2,3)/t13-;/m1./s1. The Morgan fingerprint density at radius 3 is 2.90 bits per heavy atom. The Kier molecular flexibility index (Phi) is 6.99. The largest absolute Gasteiger partial charge is 0.507 e. The minimum Gasteiger partial charge on any atom is -0.507 e. The summed E-state index contributed by atoms with van der Waals surface area (Å²) >= 11 is 3.36. The zero-order valence-corrected chi connectivity index (χ0v) is 17.6. The molecule has 3 aromatic rings. The van der Waals surface area contributed by atoms with Gasteiger partial charge in [0.05, 0.1) is 11.7 Å². The molecular weight excluding hydrogens is 440 g/mol. The first-order valence-electron chi connectivity index (χ1n) is 9.31. The molecule has 3 N–H and O–H groups in total. The first-order chi connectivity index (χ1) is 14.1. The van der Waals surface area contributed by atoms with E-state index in [0.717, 1.165) is 36.0 Å². The number of aromatic hydroxyl groups is 1. The van der Waals surface area contributed by atoms with Gasteiger partial charge in [0.2, 0.25) is 5.95 Å². The van der Waals surface area contributed by atoms with E-state index in [9.17, 15) is 5.11 Å². The minimum atomic E-state index is -0.250. The van der Waals surface area contributed by atoms with Gasteiger partial charge in [0.1, 0.15) is 17.8 Å². The van der Waals surface area contributed by atoms with Crippen molar-refractivity contribution in [1.29, 1.82) is 0 Å². The highest BCUT2D eigenvalue weighted by atomic mass is 79.9. The Balaban J connectivity index is 0.000000755. The number of hydrogen-bond donors (Lipinski definition) is 3. The van der Waals surface area contributed by atoms with Crippen molar-refractivity contribution in [1.82, 2.24) is 24.5 Å². The molecule has 0 unspecified atom stereocenters. The van der Waals surface area contributed by atoms with Gasteiger partial charge in [-0.25, -0.2) is 4.98 Å². The molecule has 1 aliphatic rings. The molecule has 0 aliphatic carbocycles. The molecule has 1 fully saturated rings. The molecule has 0 spiro atoms. The Morgan fingerprint density at radius 1 is 1.38 bits per heavy atom. The third-order valence-electron chi connectivity index (χ3n) is 4.85. The van der Waals surface area contributed by atoms with Crippen molar-refractivity contribution < 1.29 is 15.0 Å². The fourth-order valence-corrected chi connectivity index (χ4v) is 3.82. The lowest BCUT2D eigenvalue weighted by atomic mass is 10.1. The lowest BCUT2D eigenvalue weighted by Crippen LogP contribution is -2.42. The van der Waals surface area contributed by atoms with Crippen LogP contribution in [0.25, 0.3) is 16.8 Å². The van der Waals surface area contributed by atoms with Crippen molar-refractivity contribution in [3.8, 4) is 17.0 Å². The van der Waals surface area contributed by atoms with E-state index in [-0.39, 0.29) is 12.2 Å². The molecular formula is C19H23BrN6O3. The molecule has 1 saturated heterocycles. The van der Waals surface area contributed by atoms with Crippen molar-refractivity contribution in [2.45, 2.75) is 25.8 Å². The van der Waals surface area contributed by atoms with E-state index < -0.39 is 0 Å². The number of likely N-dealkylation sites (tertiary alicyclic amines) is 1. The van der Waals surface area contributed by atoms with Crippen LogP contribution in [-0.2, 0) is 4.79 Å². The molecule has 1 aliphatic heterocycles. The third kappa shape index (κ3) is 4.83. The summed E-state index contributed by atoms with van der Waals surface area (Å²) in [5.74, 6) is 0.837. The number of rotatable bonds is 4. The van der Waals surface area contributed by atoms with Crippen LogP contribution in [0.1, 0.15) is 19.8 Å².